The fourth-order valence-electron chi connectivity index (χ4n) is 2.08. The highest BCUT2D eigenvalue weighted by molar-refractivity contribution is 7.99. The molecule has 5 heteroatoms. The van der Waals surface area contributed by atoms with Crippen LogP contribution in [0.4, 0.5) is 0 Å². The molecular formula is C14H20N2O2S. The van der Waals surface area contributed by atoms with Gasteiger partial charge < -0.3 is 9.64 Å². The quantitative estimate of drug-likeness (QED) is 0.891. The van der Waals surface area contributed by atoms with Gasteiger partial charge in [-0.1, -0.05) is 18.2 Å². The van der Waals surface area contributed by atoms with Crippen molar-refractivity contribution in [3.63, 3.8) is 0 Å². The number of ether oxygens (including phenoxy) is 1. The summed E-state index contributed by atoms with van der Waals surface area (Å²) in [5, 5.41) is 3.20. The third-order valence-electron chi connectivity index (χ3n) is 3.07. The molecule has 1 fully saturated rings. The Balaban J connectivity index is 2.01. The number of thioether (sulfide) groups is 1. The van der Waals surface area contributed by atoms with E-state index in [0.29, 0.717) is 13.2 Å². The van der Waals surface area contributed by atoms with E-state index >= 15 is 0 Å². The Labute approximate surface area is 118 Å². The van der Waals surface area contributed by atoms with Gasteiger partial charge in [0.2, 0.25) is 5.91 Å². The van der Waals surface area contributed by atoms with Crippen LogP contribution in [0.15, 0.2) is 24.3 Å². The third kappa shape index (κ3) is 3.64. The molecule has 1 heterocycles. The molecule has 0 spiro atoms. The molecule has 1 aromatic rings. The highest BCUT2D eigenvalue weighted by Gasteiger charge is 2.25. The van der Waals surface area contributed by atoms with Crippen LogP contribution in [0.1, 0.15) is 12.5 Å². The largest absolute Gasteiger partial charge is 0.494 e. The number of carbonyl (C=O) groups is 1. The Kier molecular flexibility index (Phi) is 5.10. The van der Waals surface area contributed by atoms with Crippen molar-refractivity contribution in [1.82, 2.24) is 10.2 Å². The lowest BCUT2D eigenvalue weighted by molar-refractivity contribution is -0.131. The molecule has 0 aromatic heterocycles. The molecule has 4 nitrogen and oxygen atoms in total. The first kappa shape index (κ1) is 14.2. The minimum absolute atomic E-state index is 0.0470. The maximum Gasteiger partial charge on any atom is 0.240 e. The second-order valence-corrected chi connectivity index (χ2v) is 5.54. The van der Waals surface area contributed by atoms with E-state index in [1.165, 1.54) is 0 Å². The average molecular weight is 280 g/mol. The maximum absolute atomic E-state index is 12.2. The van der Waals surface area contributed by atoms with Gasteiger partial charge in [0, 0.05) is 30.8 Å². The topological polar surface area (TPSA) is 41.6 Å². The van der Waals surface area contributed by atoms with Crippen LogP contribution in [-0.4, -0.2) is 42.1 Å². The normalized spacial score (nSPS) is 18.3. The van der Waals surface area contributed by atoms with Gasteiger partial charge in [0.25, 0.3) is 0 Å². The monoisotopic (exact) mass is 280 g/mol. The van der Waals surface area contributed by atoms with Crippen LogP contribution in [0, 0.1) is 0 Å². The Morgan fingerprint density at radius 2 is 2.32 bits per heavy atom. The van der Waals surface area contributed by atoms with E-state index in [-0.39, 0.29) is 11.9 Å². The van der Waals surface area contributed by atoms with Gasteiger partial charge in [-0.2, -0.15) is 0 Å². The summed E-state index contributed by atoms with van der Waals surface area (Å²) in [6, 6.07) is 7.83. The van der Waals surface area contributed by atoms with Crippen molar-refractivity contribution in [1.29, 1.82) is 0 Å². The first-order valence-electron chi connectivity index (χ1n) is 6.49. The Bertz CT molecular complexity index is 433. The van der Waals surface area contributed by atoms with Crippen molar-refractivity contribution in [3.05, 3.63) is 29.8 Å². The summed E-state index contributed by atoms with van der Waals surface area (Å²) in [6.07, 6.45) is 0. The molecule has 1 atom stereocenters. The Morgan fingerprint density at radius 1 is 1.53 bits per heavy atom. The number of carbonyl (C=O) groups excluding carboxylic acids is 1. The van der Waals surface area contributed by atoms with Gasteiger partial charge in [0.1, 0.15) is 5.75 Å². The summed E-state index contributed by atoms with van der Waals surface area (Å²) < 4.78 is 5.59. The molecule has 1 aliphatic heterocycles. The van der Waals surface area contributed by atoms with Crippen molar-refractivity contribution < 1.29 is 9.53 Å². The van der Waals surface area contributed by atoms with Gasteiger partial charge in [-0.25, -0.2) is 0 Å². The van der Waals surface area contributed by atoms with E-state index in [4.69, 9.17) is 4.74 Å². The Morgan fingerprint density at radius 3 is 3.00 bits per heavy atom. The lowest BCUT2D eigenvalue weighted by Gasteiger charge is -2.22. The van der Waals surface area contributed by atoms with Crippen LogP contribution in [0.25, 0.3) is 0 Å². The molecule has 1 saturated heterocycles. The van der Waals surface area contributed by atoms with Gasteiger partial charge in [-0.3, -0.25) is 10.1 Å². The standard InChI is InChI=1S/C14H20N2O2S/c1-3-18-13-7-5-4-6-11(13)8-16(2)14(17)12-9-19-10-15-12/h4-7,12,15H,3,8-10H2,1-2H3/t12-/m0/s1. The van der Waals surface area contributed by atoms with E-state index in [9.17, 15) is 4.79 Å². The van der Waals surface area contributed by atoms with Crippen LogP contribution < -0.4 is 10.1 Å². The molecule has 0 unspecified atom stereocenters. The van der Waals surface area contributed by atoms with Crippen molar-refractivity contribution in [2.45, 2.75) is 19.5 Å². The summed E-state index contributed by atoms with van der Waals surface area (Å²) >= 11 is 1.76. The van der Waals surface area contributed by atoms with Crippen molar-refractivity contribution in [2.24, 2.45) is 0 Å². The number of nitrogens with one attached hydrogen (secondary N) is 1. The molecule has 104 valence electrons. The van der Waals surface area contributed by atoms with Gasteiger partial charge in [-0.15, -0.1) is 11.8 Å². The van der Waals surface area contributed by atoms with Crippen LogP contribution in [-0.2, 0) is 11.3 Å². The predicted molar refractivity (Wildman–Crippen MR) is 78.3 cm³/mol. The lowest BCUT2D eigenvalue weighted by Crippen LogP contribution is -2.42. The third-order valence-corrected chi connectivity index (χ3v) is 4.01. The minimum Gasteiger partial charge on any atom is -0.494 e. The zero-order valence-electron chi connectivity index (χ0n) is 11.4. The first-order valence-corrected chi connectivity index (χ1v) is 7.64. The Hall–Kier alpha value is -1.20. The van der Waals surface area contributed by atoms with Gasteiger partial charge in [-0.05, 0) is 13.0 Å². The molecule has 1 aliphatic rings. The van der Waals surface area contributed by atoms with E-state index in [0.717, 1.165) is 22.9 Å². The number of benzene rings is 1. The van der Waals surface area contributed by atoms with Crippen LogP contribution in [0.5, 0.6) is 5.75 Å². The number of nitrogens with zero attached hydrogens (tertiary/aromatic N) is 1. The molecule has 0 saturated carbocycles. The number of rotatable bonds is 5. The highest BCUT2D eigenvalue weighted by Crippen LogP contribution is 2.20. The fraction of sp³-hybridized carbons (Fsp3) is 0.500. The van der Waals surface area contributed by atoms with Crippen LogP contribution in [0.2, 0.25) is 0 Å². The molecule has 1 N–H and O–H groups in total. The molecule has 2 rings (SSSR count). The van der Waals surface area contributed by atoms with Crippen LogP contribution in [0.3, 0.4) is 0 Å². The zero-order chi connectivity index (χ0) is 13.7. The summed E-state index contributed by atoms with van der Waals surface area (Å²) in [6.45, 7) is 3.18. The highest BCUT2D eigenvalue weighted by atomic mass is 32.2. The van der Waals surface area contributed by atoms with E-state index in [2.05, 4.69) is 5.32 Å². The summed E-state index contributed by atoms with van der Waals surface area (Å²) in [5.41, 5.74) is 1.05. The smallest absolute Gasteiger partial charge is 0.240 e. The average Bonchev–Trinajstić information content (AvgIpc) is 2.94. The van der Waals surface area contributed by atoms with E-state index in [1.54, 1.807) is 16.7 Å². The van der Waals surface area contributed by atoms with Gasteiger partial charge in [0.05, 0.1) is 12.6 Å². The summed E-state index contributed by atoms with van der Waals surface area (Å²) in [7, 11) is 1.84. The molecule has 0 bridgehead atoms. The maximum atomic E-state index is 12.2. The van der Waals surface area contributed by atoms with Crippen molar-refractivity contribution in [3.8, 4) is 5.75 Å². The van der Waals surface area contributed by atoms with Crippen molar-refractivity contribution >= 4 is 17.7 Å². The molecule has 1 amide bonds. The van der Waals surface area contributed by atoms with Gasteiger partial charge in [0.15, 0.2) is 0 Å². The SMILES string of the molecule is CCOc1ccccc1CN(C)C(=O)[C@@H]1CSCN1. The predicted octanol–water partition coefficient (Wildman–Crippen LogP) is 1.71. The van der Waals surface area contributed by atoms with E-state index in [1.807, 2.05) is 38.2 Å². The van der Waals surface area contributed by atoms with E-state index < -0.39 is 0 Å². The summed E-state index contributed by atoms with van der Waals surface area (Å²) in [4.78, 5) is 14.0. The fourth-order valence-corrected chi connectivity index (χ4v) is 3.02. The van der Waals surface area contributed by atoms with Crippen LogP contribution >= 0.6 is 11.8 Å². The minimum atomic E-state index is -0.0470. The first-order chi connectivity index (χ1) is 9.22. The molecule has 19 heavy (non-hydrogen) atoms. The number of likely N-dealkylation sites (N-methyl/N-ethyl adjacent to an activating group) is 1. The molecule has 1 aromatic carbocycles. The number of para-hydroxylation sites is 1. The molecule has 0 radical (unpaired) electrons. The van der Waals surface area contributed by atoms with Crippen molar-refractivity contribution in [2.75, 3.05) is 25.3 Å². The molecule has 0 aliphatic carbocycles. The zero-order valence-corrected chi connectivity index (χ0v) is 12.2. The number of hydrogen-bond donors (Lipinski definition) is 1. The summed E-state index contributed by atoms with van der Waals surface area (Å²) in [5.74, 6) is 2.73. The molecular weight excluding hydrogens is 260 g/mol. The number of hydrogen-bond acceptors (Lipinski definition) is 4. The second-order valence-electron chi connectivity index (χ2n) is 4.51. The second kappa shape index (κ2) is 6.82. The van der Waals surface area contributed by atoms with Gasteiger partial charge >= 0.3 is 0 Å². The number of amides is 1. The lowest BCUT2D eigenvalue weighted by atomic mass is 10.2.